The van der Waals surface area contributed by atoms with Gasteiger partial charge in [0, 0.05) is 25.6 Å². The molecule has 1 aliphatic rings. The van der Waals surface area contributed by atoms with E-state index in [9.17, 15) is 13.6 Å². The molecule has 1 fully saturated rings. The van der Waals surface area contributed by atoms with Crippen LogP contribution in [-0.4, -0.2) is 48.8 Å². The highest BCUT2D eigenvalue weighted by atomic mass is 19.3. The van der Waals surface area contributed by atoms with Crippen LogP contribution in [0.2, 0.25) is 0 Å². The van der Waals surface area contributed by atoms with Gasteiger partial charge in [0.2, 0.25) is 0 Å². The largest absolute Gasteiger partial charge is 0.485 e. The molecule has 1 aromatic rings. The van der Waals surface area contributed by atoms with Crippen LogP contribution >= 0.6 is 0 Å². The number of hydrogen-bond donors (Lipinski definition) is 2. The summed E-state index contributed by atoms with van der Waals surface area (Å²) in [7, 11) is 0. The molecule has 21 heavy (non-hydrogen) atoms. The van der Waals surface area contributed by atoms with E-state index in [-0.39, 0.29) is 24.3 Å². The number of nitrogens with one attached hydrogen (secondary N) is 1. The van der Waals surface area contributed by atoms with Gasteiger partial charge in [-0.05, 0) is 18.6 Å². The summed E-state index contributed by atoms with van der Waals surface area (Å²) in [6.45, 7) is 0.389. The summed E-state index contributed by atoms with van der Waals surface area (Å²) < 4.78 is 29.4. The van der Waals surface area contributed by atoms with Gasteiger partial charge in [0.25, 0.3) is 6.43 Å². The molecule has 0 aromatic heterocycles. The van der Waals surface area contributed by atoms with Crippen molar-refractivity contribution in [2.75, 3.05) is 31.6 Å². The van der Waals surface area contributed by atoms with E-state index >= 15 is 0 Å². The lowest BCUT2D eigenvalue weighted by molar-refractivity contribution is 0.0822. The number of hydrogen-bond acceptors (Lipinski definition) is 3. The number of aliphatic hydroxyl groups is 1. The normalized spacial score (nSPS) is 18.1. The summed E-state index contributed by atoms with van der Waals surface area (Å²) in [5.74, 6) is 0.310. The number of anilines is 1. The number of benzene rings is 1. The molecule has 1 aromatic carbocycles. The molecule has 1 unspecified atom stereocenters. The molecule has 2 N–H and O–H groups in total. The highest BCUT2D eigenvalue weighted by molar-refractivity contribution is 5.91. The Bertz CT molecular complexity index is 485. The average molecular weight is 300 g/mol. The Kier molecular flexibility index (Phi) is 5.32. The Morgan fingerprint density at radius 3 is 2.90 bits per heavy atom. The molecular weight excluding hydrogens is 282 g/mol. The first kappa shape index (κ1) is 15.5. The SMILES string of the molecule is O=C(Nc1ccccc1OCC(F)F)N1CCC(CO)C1. The van der Waals surface area contributed by atoms with E-state index in [0.717, 1.165) is 6.42 Å². The maximum Gasteiger partial charge on any atom is 0.321 e. The van der Waals surface area contributed by atoms with Crippen molar-refractivity contribution >= 4 is 11.7 Å². The van der Waals surface area contributed by atoms with Gasteiger partial charge in [-0.25, -0.2) is 13.6 Å². The maximum absolute atomic E-state index is 12.2. The summed E-state index contributed by atoms with van der Waals surface area (Å²) in [4.78, 5) is 13.7. The Hall–Kier alpha value is -1.89. The summed E-state index contributed by atoms with van der Waals surface area (Å²) in [6.07, 6.45) is -1.81. The lowest BCUT2D eigenvalue weighted by Gasteiger charge is -2.18. The van der Waals surface area contributed by atoms with Gasteiger partial charge in [0.15, 0.2) is 0 Å². The number of alkyl halides is 2. The van der Waals surface area contributed by atoms with Crippen molar-refractivity contribution in [2.24, 2.45) is 5.92 Å². The van der Waals surface area contributed by atoms with Crippen molar-refractivity contribution < 1.29 is 23.4 Å². The van der Waals surface area contributed by atoms with Crippen LogP contribution in [0.15, 0.2) is 24.3 Å². The second-order valence-electron chi connectivity index (χ2n) is 4.91. The van der Waals surface area contributed by atoms with Gasteiger partial charge < -0.3 is 20.1 Å². The zero-order valence-electron chi connectivity index (χ0n) is 11.5. The van der Waals surface area contributed by atoms with E-state index in [2.05, 4.69) is 5.32 Å². The predicted octanol–water partition coefficient (Wildman–Crippen LogP) is 2.18. The molecule has 0 saturated carbocycles. The fraction of sp³-hybridized carbons (Fsp3) is 0.500. The van der Waals surface area contributed by atoms with Gasteiger partial charge in [0.05, 0.1) is 5.69 Å². The van der Waals surface area contributed by atoms with E-state index in [1.54, 1.807) is 23.1 Å². The number of nitrogens with zero attached hydrogens (tertiary/aromatic N) is 1. The van der Waals surface area contributed by atoms with Gasteiger partial charge in [-0.15, -0.1) is 0 Å². The topological polar surface area (TPSA) is 61.8 Å². The molecule has 2 amide bonds. The smallest absolute Gasteiger partial charge is 0.321 e. The van der Waals surface area contributed by atoms with Crippen molar-refractivity contribution in [2.45, 2.75) is 12.8 Å². The van der Waals surface area contributed by atoms with Crippen molar-refractivity contribution in [3.63, 3.8) is 0 Å². The number of likely N-dealkylation sites (tertiary alicyclic amines) is 1. The molecule has 5 nitrogen and oxygen atoms in total. The van der Waals surface area contributed by atoms with Crippen molar-refractivity contribution in [3.05, 3.63) is 24.3 Å². The van der Waals surface area contributed by atoms with E-state index < -0.39 is 13.0 Å². The van der Waals surface area contributed by atoms with Crippen LogP contribution in [0.5, 0.6) is 5.75 Å². The van der Waals surface area contributed by atoms with Crippen LogP contribution in [-0.2, 0) is 0 Å². The molecule has 1 atom stereocenters. The summed E-state index contributed by atoms with van der Waals surface area (Å²) in [5.41, 5.74) is 0.357. The third-order valence-electron chi connectivity index (χ3n) is 3.32. The van der Waals surface area contributed by atoms with Gasteiger partial charge >= 0.3 is 6.03 Å². The minimum absolute atomic E-state index is 0.0534. The van der Waals surface area contributed by atoms with Crippen LogP contribution in [0, 0.1) is 5.92 Å². The molecule has 116 valence electrons. The van der Waals surface area contributed by atoms with E-state index in [0.29, 0.717) is 18.8 Å². The van der Waals surface area contributed by atoms with Gasteiger partial charge in [-0.1, -0.05) is 12.1 Å². The lowest BCUT2D eigenvalue weighted by atomic mass is 10.1. The van der Waals surface area contributed by atoms with Crippen molar-refractivity contribution in [3.8, 4) is 5.75 Å². The number of urea groups is 1. The number of para-hydroxylation sites is 2. The summed E-state index contributed by atoms with van der Waals surface area (Å²) >= 11 is 0. The maximum atomic E-state index is 12.2. The molecule has 1 saturated heterocycles. The Morgan fingerprint density at radius 1 is 1.48 bits per heavy atom. The first-order chi connectivity index (χ1) is 10.1. The van der Waals surface area contributed by atoms with Gasteiger partial charge in [-0.2, -0.15) is 0 Å². The zero-order chi connectivity index (χ0) is 15.2. The fourth-order valence-electron chi connectivity index (χ4n) is 2.21. The molecule has 0 radical (unpaired) electrons. The second kappa shape index (κ2) is 7.21. The number of halogens is 2. The number of aliphatic hydroxyl groups excluding tert-OH is 1. The van der Waals surface area contributed by atoms with E-state index in [1.807, 2.05) is 0 Å². The molecule has 2 rings (SSSR count). The number of carbonyl (C=O) groups excluding carboxylic acids is 1. The standard InChI is InChI=1S/C14H18F2N2O3/c15-13(16)9-21-12-4-2-1-3-11(12)17-14(20)18-6-5-10(7-18)8-19/h1-4,10,13,19H,5-9H2,(H,17,20). The molecule has 1 aliphatic heterocycles. The Labute approximate surface area is 121 Å². The Morgan fingerprint density at radius 2 is 2.24 bits per heavy atom. The van der Waals surface area contributed by atoms with Crippen LogP contribution in [0.3, 0.4) is 0 Å². The molecule has 0 spiro atoms. The highest BCUT2D eigenvalue weighted by Crippen LogP contribution is 2.25. The van der Waals surface area contributed by atoms with E-state index in [1.165, 1.54) is 6.07 Å². The van der Waals surface area contributed by atoms with Crippen molar-refractivity contribution in [1.29, 1.82) is 0 Å². The van der Waals surface area contributed by atoms with Crippen LogP contribution in [0.1, 0.15) is 6.42 Å². The predicted molar refractivity (Wildman–Crippen MR) is 73.7 cm³/mol. The Balaban J connectivity index is 1.97. The first-order valence-corrected chi connectivity index (χ1v) is 6.77. The van der Waals surface area contributed by atoms with Gasteiger partial charge in [-0.3, -0.25) is 0 Å². The number of ether oxygens (including phenoxy) is 1. The minimum Gasteiger partial charge on any atom is -0.485 e. The molecular formula is C14H18F2N2O3. The van der Waals surface area contributed by atoms with Gasteiger partial charge in [0.1, 0.15) is 12.4 Å². The van der Waals surface area contributed by atoms with Crippen LogP contribution in [0.4, 0.5) is 19.3 Å². The van der Waals surface area contributed by atoms with E-state index in [4.69, 9.17) is 9.84 Å². The third-order valence-corrected chi connectivity index (χ3v) is 3.32. The number of carbonyl (C=O) groups is 1. The van der Waals surface area contributed by atoms with Crippen molar-refractivity contribution in [1.82, 2.24) is 4.90 Å². The molecule has 1 heterocycles. The monoisotopic (exact) mass is 300 g/mol. The van der Waals surface area contributed by atoms with Crippen LogP contribution < -0.4 is 10.1 Å². The second-order valence-corrected chi connectivity index (χ2v) is 4.91. The summed E-state index contributed by atoms with van der Waals surface area (Å²) in [6, 6.07) is 6.13. The molecule has 0 aliphatic carbocycles. The third kappa shape index (κ3) is 4.29. The zero-order valence-corrected chi connectivity index (χ0v) is 11.5. The quantitative estimate of drug-likeness (QED) is 0.876. The lowest BCUT2D eigenvalue weighted by Crippen LogP contribution is -2.33. The molecule has 7 heteroatoms. The highest BCUT2D eigenvalue weighted by Gasteiger charge is 2.26. The average Bonchev–Trinajstić information content (AvgIpc) is 2.95. The minimum atomic E-state index is -2.57. The van der Waals surface area contributed by atoms with Crippen LogP contribution in [0.25, 0.3) is 0 Å². The first-order valence-electron chi connectivity index (χ1n) is 6.77. The molecule has 0 bridgehead atoms. The fourth-order valence-corrected chi connectivity index (χ4v) is 2.21. The number of amides is 2. The summed E-state index contributed by atoms with van der Waals surface area (Å²) in [5, 5.41) is 11.7. The number of rotatable bonds is 5.